The highest BCUT2D eigenvalue weighted by molar-refractivity contribution is 7.91. The monoisotopic (exact) mass is 323 g/mol. The summed E-state index contributed by atoms with van der Waals surface area (Å²) < 4.78 is 25.6. The van der Waals surface area contributed by atoms with Crippen LogP contribution in [0.15, 0.2) is 46.7 Å². The summed E-state index contributed by atoms with van der Waals surface area (Å²) in [5.74, 6) is -0.240. The lowest BCUT2D eigenvalue weighted by Gasteiger charge is -2.17. The Kier molecular flexibility index (Phi) is 4.80. The van der Waals surface area contributed by atoms with Gasteiger partial charge in [-0.3, -0.25) is 4.79 Å². The highest BCUT2D eigenvalue weighted by Gasteiger charge is 2.30. The molecule has 1 heterocycles. The summed E-state index contributed by atoms with van der Waals surface area (Å²) >= 11 is 1.38. The van der Waals surface area contributed by atoms with Gasteiger partial charge in [0.1, 0.15) is 5.25 Å². The molecule has 0 aliphatic carbocycles. The van der Waals surface area contributed by atoms with Gasteiger partial charge in [0.15, 0.2) is 9.84 Å². The molecule has 0 radical (unpaired) electrons. The van der Waals surface area contributed by atoms with Crippen LogP contribution in [0.3, 0.4) is 0 Å². The van der Waals surface area contributed by atoms with E-state index in [1.165, 1.54) is 18.3 Å². The van der Waals surface area contributed by atoms with E-state index in [-0.39, 0.29) is 17.3 Å². The molecule has 0 saturated heterocycles. The molecule has 2 aromatic rings. The molecular formula is C15H17NO3S2. The van der Waals surface area contributed by atoms with Crippen LogP contribution in [-0.2, 0) is 14.6 Å². The Hall–Kier alpha value is -1.66. The van der Waals surface area contributed by atoms with E-state index in [1.54, 1.807) is 30.3 Å². The maximum atomic E-state index is 12.8. The predicted octanol–water partition coefficient (Wildman–Crippen LogP) is 2.71. The Morgan fingerprint density at radius 1 is 1.24 bits per heavy atom. The van der Waals surface area contributed by atoms with Crippen LogP contribution in [0.2, 0.25) is 0 Å². The number of rotatable bonds is 5. The van der Waals surface area contributed by atoms with E-state index in [9.17, 15) is 13.2 Å². The second-order valence-electron chi connectivity index (χ2n) is 4.80. The number of aryl methyl sites for hydroxylation is 1. The van der Waals surface area contributed by atoms with Crippen molar-refractivity contribution in [2.24, 2.45) is 0 Å². The number of benzene rings is 1. The van der Waals surface area contributed by atoms with Gasteiger partial charge < -0.3 is 5.32 Å². The second kappa shape index (κ2) is 6.41. The molecule has 0 bridgehead atoms. The zero-order chi connectivity index (χ0) is 15.5. The molecule has 2 rings (SSSR count). The van der Waals surface area contributed by atoms with Crippen molar-refractivity contribution in [3.8, 4) is 0 Å². The van der Waals surface area contributed by atoms with Crippen molar-refractivity contribution in [3.05, 3.63) is 52.2 Å². The fraction of sp³-hybridized carbons (Fsp3) is 0.267. The van der Waals surface area contributed by atoms with Gasteiger partial charge in [-0.05, 0) is 30.5 Å². The predicted molar refractivity (Wildman–Crippen MR) is 84.1 cm³/mol. The molecule has 21 heavy (non-hydrogen) atoms. The zero-order valence-corrected chi connectivity index (χ0v) is 13.5. The lowest BCUT2D eigenvalue weighted by atomic mass is 10.2. The summed E-state index contributed by atoms with van der Waals surface area (Å²) in [5, 5.41) is 3.68. The fourth-order valence-electron chi connectivity index (χ4n) is 1.97. The maximum absolute atomic E-state index is 12.8. The molecule has 0 aliphatic heterocycles. The lowest BCUT2D eigenvalue weighted by molar-refractivity contribution is -0.118. The highest BCUT2D eigenvalue weighted by atomic mass is 32.2. The number of amides is 1. The minimum atomic E-state index is -3.54. The Morgan fingerprint density at radius 3 is 2.43 bits per heavy atom. The van der Waals surface area contributed by atoms with Crippen molar-refractivity contribution in [3.63, 3.8) is 0 Å². The van der Waals surface area contributed by atoms with Crippen LogP contribution in [0.4, 0.5) is 0 Å². The van der Waals surface area contributed by atoms with Gasteiger partial charge in [0.05, 0.1) is 4.90 Å². The van der Waals surface area contributed by atoms with E-state index in [4.69, 9.17) is 0 Å². The van der Waals surface area contributed by atoms with Crippen molar-refractivity contribution < 1.29 is 13.2 Å². The first-order valence-corrected chi connectivity index (χ1v) is 8.92. The van der Waals surface area contributed by atoms with Gasteiger partial charge in [-0.25, -0.2) is 8.42 Å². The summed E-state index contributed by atoms with van der Waals surface area (Å²) in [6.45, 7) is 3.36. The van der Waals surface area contributed by atoms with Gasteiger partial charge in [0, 0.05) is 18.3 Å². The molecule has 1 N–H and O–H groups in total. The molecule has 1 aromatic heterocycles. The molecule has 1 unspecified atom stereocenters. The number of thiophene rings is 1. The maximum Gasteiger partial charge on any atom is 0.216 e. The van der Waals surface area contributed by atoms with Crippen molar-refractivity contribution in [1.29, 1.82) is 0 Å². The van der Waals surface area contributed by atoms with Gasteiger partial charge in [-0.15, -0.1) is 11.3 Å². The summed E-state index contributed by atoms with van der Waals surface area (Å²) in [5.41, 5.74) is 1.00. The smallest absolute Gasteiger partial charge is 0.216 e. The van der Waals surface area contributed by atoms with E-state index in [2.05, 4.69) is 5.32 Å². The van der Waals surface area contributed by atoms with E-state index in [0.29, 0.717) is 0 Å². The first kappa shape index (κ1) is 15.7. The third-order valence-corrected chi connectivity index (χ3v) is 6.36. The first-order valence-electron chi connectivity index (χ1n) is 6.49. The third kappa shape index (κ3) is 3.71. The zero-order valence-electron chi connectivity index (χ0n) is 11.9. The van der Waals surface area contributed by atoms with E-state index in [0.717, 1.165) is 10.4 Å². The Labute approximate surface area is 128 Å². The molecule has 1 aromatic carbocycles. The van der Waals surface area contributed by atoms with Crippen LogP contribution >= 0.6 is 11.3 Å². The normalized spacial score (nSPS) is 12.9. The molecule has 4 nitrogen and oxygen atoms in total. The number of hydrogen-bond acceptors (Lipinski definition) is 4. The van der Waals surface area contributed by atoms with Gasteiger partial charge in [0.2, 0.25) is 5.91 Å². The molecular weight excluding hydrogens is 306 g/mol. The van der Waals surface area contributed by atoms with Crippen molar-refractivity contribution in [2.45, 2.75) is 24.0 Å². The van der Waals surface area contributed by atoms with Crippen LogP contribution in [0.5, 0.6) is 0 Å². The highest BCUT2D eigenvalue weighted by Crippen LogP contribution is 2.31. The van der Waals surface area contributed by atoms with Gasteiger partial charge in [-0.2, -0.15) is 0 Å². The lowest BCUT2D eigenvalue weighted by Crippen LogP contribution is -2.29. The van der Waals surface area contributed by atoms with Gasteiger partial charge in [0.25, 0.3) is 0 Å². The minimum Gasteiger partial charge on any atom is -0.355 e. The number of carbonyl (C=O) groups is 1. The summed E-state index contributed by atoms with van der Waals surface area (Å²) in [4.78, 5) is 12.1. The Bertz CT molecular complexity index is 704. The topological polar surface area (TPSA) is 63.2 Å². The number of hydrogen-bond donors (Lipinski definition) is 1. The fourth-order valence-corrected chi connectivity index (χ4v) is 4.75. The van der Waals surface area contributed by atoms with Crippen LogP contribution in [-0.4, -0.2) is 20.9 Å². The average Bonchev–Trinajstić information content (AvgIpc) is 2.92. The molecule has 0 fully saturated rings. The van der Waals surface area contributed by atoms with Crippen LogP contribution in [0.1, 0.15) is 22.6 Å². The number of carbonyl (C=O) groups excluding carboxylic acids is 1. The Balaban J connectivity index is 2.39. The summed E-state index contributed by atoms with van der Waals surface area (Å²) in [7, 11) is -3.54. The molecule has 112 valence electrons. The summed E-state index contributed by atoms with van der Waals surface area (Å²) in [6.07, 6.45) is 0. The SMILES string of the molecule is CC(=O)NCC(c1cccs1)S(=O)(=O)c1ccc(C)cc1. The molecule has 1 atom stereocenters. The second-order valence-corrected chi connectivity index (χ2v) is 7.91. The van der Waals surface area contributed by atoms with Crippen molar-refractivity contribution >= 4 is 27.1 Å². The number of nitrogens with one attached hydrogen (secondary N) is 1. The van der Waals surface area contributed by atoms with E-state index < -0.39 is 15.1 Å². The molecule has 1 amide bonds. The molecule has 0 spiro atoms. The van der Waals surface area contributed by atoms with Crippen LogP contribution < -0.4 is 5.32 Å². The van der Waals surface area contributed by atoms with Gasteiger partial charge >= 0.3 is 0 Å². The Morgan fingerprint density at radius 2 is 1.90 bits per heavy atom. The minimum absolute atomic E-state index is 0.0755. The largest absolute Gasteiger partial charge is 0.355 e. The van der Waals surface area contributed by atoms with E-state index in [1.807, 2.05) is 18.4 Å². The molecule has 6 heteroatoms. The van der Waals surface area contributed by atoms with E-state index >= 15 is 0 Å². The quantitative estimate of drug-likeness (QED) is 0.920. The first-order chi connectivity index (χ1) is 9.91. The summed E-state index contributed by atoms with van der Waals surface area (Å²) in [6, 6.07) is 10.4. The average molecular weight is 323 g/mol. The van der Waals surface area contributed by atoms with Crippen LogP contribution in [0.25, 0.3) is 0 Å². The number of sulfone groups is 1. The molecule has 0 saturated carbocycles. The third-order valence-electron chi connectivity index (χ3n) is 3.12. The van der Waals surface area contributed by atoms with Crippen molar-refractivity contribution in [1.82, 2.24) is 5.32 Å². The van der Waals surface area contributed by atoms with Gasteiger partial charge in [-0.1, -0.05) is 23.8 Å². The van der Waals surface area contributed by atoms with Crippen molar-refractivity contribution in [2.75, 3.05) is 6.54 Å². The van der Waals surface area contributed by atoms with Crippen LogP contribution in [0, 0.1) is 6.92 Å². The molecule has 0 aliphatic rings. The standard InChI is InChI=1S/C15H17NO3S2/c1-11-5-7-13(8-6-11)21(18,19)15(10-16-12(2)17)14-4-3-9-20-14/h3-9,15H,10H2,1-2H3,(H,16,17).